The van der Waals surface area contributed by atoms with Gasteiger partial charge in [0.25, 0.3) is 0 Å². The standard InChI is InChI=1S/C27H33N5O2S/c1-20(33)30-14-16-31(17-15-30)24(34)19-35-26-29-28-25(32(26)18-21-8-6-5-7-9-21)22-10-12-23(13-11-22)27(2,3)4/h5-13H,14-19H2,1-4H3. The van der Waals surface area contributed by atoms with E-state index in [2.05, 4.69) is 71.9 Å². The minimum Gasteiger partial charge on any atom is -0.339 e. The number of carbonyl (C=O) groups is 2. The Bertz CT molecular complexity index is 1160. The topological polar surface area (TPSA) is 71.3 Å². The molecule has 184 valence electrons. The van der Waals surface area contributed by atoms with Crippen LogP contribution in [0.1, 0.15) is 38.8 Å². The Morgan fingerprint density at radius 1 is 0.886 bits per heavy atom. The molecule has 0 N–H and O–H groups in total. The van der Waals surface area contributed by atoms with E-state index in [-0.39, 0.29) is 23.0 Å². The number of hydrogen-bond donors (Lipinski definition) is 0. The molecule has 8 heteroatoms. The van der Waals surface area contributed by atoms with E-state index in [4.69, 9.17) is 0 Å². The number of piperazine rings is 1. The first-order valence-corrected chi connectivity index (χ1v) is 12.9. The number of carbonyl (C=O) groups excluding carboxylic acids is 2. The molecule has 2 heterocycles. The van der Waals surface area contributed by atoms with Crippen LogP contribution in [0.4, 0.5) is 0 Å². The summed E-state index contributed by atoms with van der Waals surface area (Å²) in [4.78, 5) is 28.0. The smallest absolute Gasteiger partial charge is 0.233 e. The monoisotopic (exact) mass is 491 g/mol. The third-order valence-corrected chi connectivity index (χ3v) is 7.26. The maximum Gasteiger partial charge on any atom is 0.233 e. The number of benzene rings is 2. The lowest BCUT2D eigenvalue weighted by atomic mass is 9.87. The SMILES string of the molecule is CC(=O)N1CCN(C(=O)CSc2nnc(-c3ccc(C(C)(C)C)cc3)n2Cc2ccccc2)CC1. The number of nitrogens with zero attached hydrogens (tertiary/aromatic N) is 5. The molecule has 1 saturated heterocycles. The second kappa shape index (κ2) is 10.6. The Kier molecular flexibility index (Phi) is 7.60. The number of thioether (sulfide) groups is 1. The van der Waals surface area contributed by atoms with Crippen LogP contribution in [0.3, 0.4) is 0 Å². The van der Waals surface area contributed by atoms with Crippen LogP contribution < -0.4 is 0 Å². The summed E-state index contributed by atoms with van der Waals surface area (Å²) in [5.41, 5.74) is 3.49. The van der Waals surface area contributed by atoms with Crippen molar-refractivity contribution in [2.75, 3.05) is 31.9 Å². The molecule has 0 atom stereocenters. The van der Waals surface area contributed by atoms with Gasteiger partial charge in [0.15, 0.2) is 11.0 Å². The highest BCUT2D eigenvalue weighted by Gasteiger charge is 2.24. The molecule has 1 aromatic heterocycles. The zero-order valence-corrected chi connectivity index (χ0v) is 21.7. The lowest BCUT2D eigenvalue weighted by Crippen LogP contribution is -2.50. The summed E-state index contributed by atoms with van der Waals surface area (Å²) < 4.78 is 2.09. The maximum absolute atomic E-state index is 12.9. The molecule has 1 fully saturated rings. The van der Waals surface area contributed by atoms with Gasteiger partial charge in [-0.2, -0.15) is 0 Å². The Morgan fingerprint density at radius 2 is 1.51 bits per heavy atom. The fourth-order valence-electron chi connectivity index (χ4n) is 4.13. The highest BCUT2D eigenvalue weighted by Crippen LogP contribution is 2.28. The van der Waals surface area contributed by atoms with Crippen LogP contribution in [-0.2, 0) is 21.5 Å². The van der Waals surface area contributed by atoms with Gasteiger partial charge < -0.3 is 9.80 Å². The quantitative estimate of drug-likeness (QED) is 0.486. The highest BCUT2D eigenvalue weighted by molar-refractivity contribution is 7.99. The van der Waals surface area contributed by atoms with Crippen LogP contribution >= 0.6 is 11.8 Å². The van der Waals surface area contributed by atoms with Crippen molar-refractivity contribution >= 4 is 23.6 Å². The van der Waals surface area contributed by atoms with Gasteiger partial charge in [-0.1, -0.05) is 87.1 Å². The first-order valence-electron chi connectivity index (χ1n) is 12.0. The second-order valence-corrected chi connectivity index (χ2v) is 10.8. The number of hydrogen-bond acceptors (Lipinski definition) is 5. The molecule has 1 aliphatic heterocycles. The van der Waals surface area contributed by atoms with Crippen LogP contribution in [-0.4, -0.2) is 68.3 Å². The van der Waals surface area contributed by atoms with Crippen molar-refractivity contribution in [2.24, 2.45) is 0 Å². The Morgan fingerprint density at radius 3 is 2.11 bits per heavy atom. The van der Waals surface area contributed by atoms with Gasteiger partial charge in [0.1, 0.15) is 0 Å². The van der Waals surface area contributed by atoms with Crippen molar-refractivity contribution in [1.29, 1.82) is 0 Å². The second-order valence-electron chi connectivity index (χ2n) is 9.88. The van der Waals surface area contributed by atoms with E-state index in [0.29, 0.717) is 32.7 Å². The van der Waals surface area contributed by atoms with Crippen molar-refractivity contribution in [3.05, 3.63) is 65.7 Å². The molecule has 3 aromatic rings. The average Bonchev–Trinajstić information content (AvgIpc) is 3.25. The molecule has 2 amide bonds. The van der Waals surface area contributed by atoms with Crippen molar-refractivity contribution in [3.8, 4) is 11.4 Å². The van der Waals surface area contributed by atoms with Gasteiger partial charge in [0, 0.05) is 38.7 Å². The molecule has 0 bridgehead atoms. The van der Waals surface area contributed by atoms with E-state index in [1.165, 1.54) is 17.3 Å². The van der Waals surface area contributed by atoms with E-state index in [9.17, 15) is 9.59 Å². The van der Waals surface area contributed by atoms with Gasteiger partial charge >= 0.3 is 0 Å². The third kappa shape index (κ3) is 6.11. The minimum atomic E-state index is 0.0588. The summed E-state index contributed by atoms with van der Waals surface area (Å²) in [5.74, 6) is 1.20. The Balaban J connectivity index is 1.52. The molecule has 7 nitrogen and oxygen atoms in total. The molecule has 0 saturated carbocycles. The molecule has 0 unspecified atom stereocenters. The van der Waals surface area contributed by atoms with Crippen molar-refractivity contribution < 1.29 is 9.59 Å². The Labute approximate surface area is 211 Å². The van der Waals surface area contributed by atoms with Gasteiger partial charge in [0.05, 0.1) is 12.3 Å². The first-order chi connectivity index (χ1) is 16.7. The van der Waals surface area contributed by atoms with Crippen LogP contribution in [0.15, 0.2) is 59.8 Å². The Hall–Kier alpha value is -3.13. The van der Waals surface area contributed by atoms with Crippen molar-refractivity contribution in [3.63, 3.8) is 0 Å². The maximum atomic E-state index is 12.9. The summed E-state index contributed by atoms with van der Waals surface area (Å²) in [5, 5.41) is 9.70. The normalized spacial score (nSPS) is 14.3. The summed E-state index contributed by atoms with van der Waals surface area (Å²) >= 11 is 1.42. The van der Waals surface area contributed by atoms with Crippen molar-refractivity contribution in [2.45, 2.75) is 44.8 Å². The lowest BCUT2D eigenvalue weighted by molar-refractivity contribution is -0.136. The molecule has 0 aliphatic carbocycles. The van der Waals surface area contributed by atoms with Gasteiger partial charge in [-0.15, -0.1) is 10.2 Å². The first kappa shape index (κ1) is 25.0. The van der Waals surface area contributed by atoms with E-state index in [1.54, 1.807) is 11.8 Å². The molecule has 2 aromatic carbocycles. The predicted octanol–water partition coefficient (Wildman–Crippen LogP) is 4.07. The highest BCUT2D eigenvalue weighted by atomic mass is 32.2. The summed E-state index contributed by atoms with van der Waals surface area (Å²) in [6, 6.07) is 18.7. The molecule has 0 radical (unpaired) electrons. The molecular weight excluding hydrogens is 458 g/mol. The van der Waals surface area contributed by atoms with E-state index in [0.717, 1.165) is 22.1 Å². The molecule has 4 rings (SSSR count). The van der Waals surface area contributed by atoms with Gasteiger partial charge in [-0.3, -0.25) is 14.2 Å². The number of rotatable bonds is 6. The van der Waals surface area contributed by atoms with Crippen LogP contribution in [0.2, 0.25) is 0 Å². The van der Waals surface area contributed by atoms with Crippen LogP contribution in [0.5, 0.6) is 0 Å². The molecular formula is C27H33N5O2S. The van der Waals surface area contributed by atoms with Gasteiger partial charge in [-0.05, 0) is 16.5 Å². The fourth-order valence-corrected chi connectivity index (χ4v) is 4.97. The minimum absolute atomic E-state index is 0.0588. The average molecular weight is 492 g/mol. The summed E-state index contributed by atoms with van der Waals surface area (Å²) in [7, 11) is 0. The van der Waals surface area contributed by atoms with Gasteiger partial charge in [0.2, 0.25) is 11.8 Å². The molecule has 35 heavy (non-hydrogen) atoms. The number of aromatic nitrogens is 3. The summed E-state index contributed by atoms with van der Waals surface area (Å²) in [6.07, 6.45) is 0. The van der Waals surface area contributed by atoms with Crippen molar-refractivity contribution in [1.82, 2.24) is 24.6 Å². The largest absolute Gasteiger partial charge is 0.339 e. The molecule has 1 aliphatic rings. The van der Waals surface area contributed by atoms with Crippen LogP contribution in [0, 0.1) is 0 Å². The number of amides is 2. The zero-order valence-electron chi connectivity index (χ0n) is 20.9. The fraction of sp³-hybridized carbons (Fsp3) is 0.407. The molecule has 0 spiro atoms. The lowest BCUT2D eigenvalue weighted by Gasteiger charge is -2.34. The van der Waals surface area contributed by atoms with E-state index in [1.807, 2.05) is 23.1 Å². The summed E-state index contributed by atoms with van der Waals surface area (Å²) in [6.45, 7) is 11.1. The zero-order chi connectivity index (χ0) is 25.0. The van der Waals surface area contributed by atoms with E-state index >= 15 is 0 Å². The van der Waals surface area contributed by atoms with E-state index < -0.39 is 0 Å². The predicted molar refractivity (Wildman–Crippen MR) is 139 cm³/mol. The van der Waals surface area contributed by atoms with Crippen LogP contribution in [0.25, 0.3) is 11.4 Å². The van der Waals surface area contributed by atoms with Gasteiger partial charge in [-0.25, -0.2) is 0 Å². The third-order valence-electron chi connectivity index (χ3n) is 6.31.